The third kappa shape index (κ3) is 4.24. The molecule has 112 valence electrons. The summed E-state index contributed by atoms with van der Waals surface area (Å²) < 4.78 is 45.1. The second-order valence-corrected chi connectivity index (χ2v) is 6.61. The summed E-state index contributed by atoms with van der Waals surface area (Å²) in [5.74, 6) is 0.0335. The van der Waals surface area contributed by atoms with Crippen molar-refractivity contribution in [2.24, 2.45) is 11.7 Å². The first-order valence-electron chi connectivity index (χ1n) is 6.59. The van der Waals surface area contributed by atoms with Crippen LogP contribution in [0.3, 0.4) is 0 Å². The summed E-state index contributed by atoms with van der Waals surface area (Å²) in [6.45, 7) is 1.18. The molecule has 1 aromatic carbocycles. The molecule has 0 heterocycles. The molecule has 7 heteroatoms. The van der Waals surface area contributed by atoms with Crippen LogP contribution >= 0.6 is 0 Å². The fourth-order valence-electron chi connectivity index (χ4n) is 1.81. The van der Waals surface area contributed by atoms with Crippen molar-refractivity contribution in [3.63, 3.8) is 0 Å². The Hall–Kier alpha value is -1.02. The van der Waals surface area contributed by atoms with E-state index >= 15 is 0 Å². The molecule has 5 nitrogen and oxygen atoms in total. The zero-order valence-corrected chi connectivity index (χ0v) is 12.0. The highest BCUT2D eigenvalue weighted by Gasteiger charge is 2.21. The van der Waals surface area contributed by atoms with Crippen LogP contribution in [0.5, 0.6) is 0 Å². The van der Waals surface area contributed by atoms with Gasteiger partial charge in [-0.15, -0.1) is 0 Å². The molecule has 20 heavy (non-hydrogen) atoms. The van der Waals surface area contributed by atoms with Gasteiger partial charge in [0.1, 0.15) is 5.82 Å². The fourth-order valence-corrected chi connectivity index (χ4v) is 3.08. The van der Waals surface area contributed by atoms with Crippen LogP contribution in [-0.2, 0) is 21.3 Å². The Morgan fingerprint density at radius 2 is 2.15 bits per heavy atom. The largest absolute Gasteiger partial charge is 0.380 e. The van der Waals surface area contributed by atoms with Crippen LogP contribution in [0.2, 0.25) is 0 Å². The minimum Gasteiger partial charge on any atom is -0.380 e. The molecule has 0 spiro atoms. The summed E-state index contributed by atoms with van der Waals surface area (Å²) in [6, 6.07) is 3.56. The number of benzene rings is 1. The van der Waals surface area contributed by atoms with Gasteiger partial charge in [0, 0.05) is 19.7 Å². The molecule has 1 aliphatic rings. The number of hydrogen-bond acceptors (Lipinski definition) is 4. The highest BCUT2D eigenvalue weighted by Crippen LogP contribution is 2.28. The van der Waals surface area contributed by atoms with Crippen LogP contribution in [0.4, 0.5) is 4.39 Å². The van der Waals surface area contributed by atoms with Gasteiger partial charge in [-0.25, -0.2) is 17.5 Å². The van der Waals surface area contributed by atoms with Crippen LogP contribution in [0.1, 0.15) is 18.4 Å². The molecule has 1 aromatic rings. The highest BCUT2D eigenvalue weighted by atomic mass is 32.2. The Morgan fingerprint density at radius 3 is 2.80 bits per heavy atom. The quantitative estimate of drug-likeness (QED) is 0.702. The third-order valence-corrected chi connectivity index (χ3v) is 4.67. The average molecular weight is 302 g/mol. The number of sulfonamides is 1. The van der Waals surface area contributed by atoms with Gasteiger partial charge < -0.3 is 10.5 Å². The molecule has 2 rings (SSSR count). The third-order valence-electron chi connectivity index (χ3n) is 3.13. The van der Waals surface area contributed by atoms with Crippen LogP contribution in [0.25, 0.3) is 0 Å². The lowest BCUT2D eigenvalue weighted by Crippen LogP contribution is -2.29. The van der Waals surface area contributed by atoms with E-state index in [1.165, 1.54) is 25.0 Å². The van der Waals surface area contributed by atoms with Crippen molar-refractivity contribution in [3.8, 4) is 0 Å². The number of nitrogens with one attached hydrogen (secondary N) is 1. The second kappa shape index (κ2) is 6.62. The van der Waals surface area contributed by atoms with Crippen molar-refractivity contribution in [1.29, 1.82) is 0 Å². The Labute approximate surface area is 118 Å². The van der Waals surface area contributed by atoms with E-state index in [1.54, 1.807) is 0 Å². The zero-order chi connectivity index (χ0) is 14.6. The molecular weight excluding hydrogens is 283 g/mol. The number of ether oxygens (including phenoxy) is 1. The van der Waals surface area contributed by atoms with Gasteiger partial charge in [-0.1, -0.05) is 6.07 Å². The number of nitrogens with two attached hydrogens (primary N) is 1. The lowest BCUT2D eigenvalue weighted by molar-refractivity contribution is 0.129. The van der Waals surface area contributed by atoms with Crippen molar-refractivity contribution < 1.29 is 17.5 Å². The van der Waals surface area contributed by atoms with Gasteiger partial charge >= 0.3 is 0 Å². The van der Waals surface area contributed by atoms with Gasteiger partial charge in [0.15, 0.2) is 0 Å². The van der Waals surface area contributed by atoms with Crippen LogP contribution in [-0.4, -0.2) is 28.2 Å². The summed E-state index contributed by atoms with van der Waals surface area (Å²) in [4.78, 5) is -0.109. The minimum absolute atomic E-state index is 0.0364. The van der Waals surface area contributed by atoms with Crippen LogP contribution < -0.4 is 10.5 Å². The van der Waals surface area contributed by atoms with Crippen molar-refractivity contribution in [1.82, 2.24) is 4.72 Å². The van der Waals surface area contributed by atoms with Gasteiger partial charge in [-0.3, -0.25) is 0 Å². The number of halogens is 1. The maximum absolute atomic E-state index is 13.2. The van der Waals surface area contributed by atoms with Gasteiger partial charge in [0.2, 0.25) is 10.0 Å². The normalized spacial score (nSPS) is 15.5. The molecular formula is C13H19FN2O3S. The van der Waals surface area contributed by atoms with E-state index in [9.17, 15) is 12.8 Å². The monoisotopic (exact) mass is 302 g/mol. The lowest BCUT2D eigenvalue weighted by Gasteiger charge is -2.11. The minimum atomic E-state index is -3.76. The molecule has 1 aliphatic carbocycles. The fraction of sp³-hybridized carbons (Fsp3) is 0.538. The summed E-state index contributed by atoms with van der Waals surface area (Å²) in [5, 5.41) is 0. The number of rotatable bonds is 8. The van der Waals surface area contributed by atoms with Gasteiger partial charge in [-0.2, -0.15) is 0 Å². The topological polar surface area (TPSA) is 81.4 Å². The molecule has 0 aromatic heterocycles. The van der Waals surface area contributed by atoms with Gasteiger partial charge in [0.25, 0.3) is 0 Å². The SMILES string of the molecule is NCc1ccc(F)cc1S(=O)(=O)NCCOCC1CC1. The van der Waals surface area contributed by atoms with E-state index in [0.29, 0.717) is 24.7 Å². The summed E-state index contributed by atoms with van der Waals surface area (Å²) in [6.07, 6.45) is 2.38. The van der Waals surface area contributed by atoms with Gasteiger partial charge in [0.05, 0.1) is 11.5 Å². The Balaban J connectivity index is 1.92. The molecule has 0 bridgehead atoms. The Morgan fingerprint density at radius 1 is 1.40 bits per heavy atom. The average Bonchev–Trinajstić information content (AvgIpc) is 3.22. The predicted molar refractivity (Wildman–Crippen MR) is 73.0 cm³/mol. The van der Waals surface area contributed by atoms with E-state index in [1.807, 2.05) is 0 Å². The van der Waals surface area contributed by atoms with E-state index < -0.39 is 15.8 Å². The predicted octanol–water partition coefficient (Wildman–Crippen LogP) is 0.989. The van der Waals surface area contributed by atoms with E-state index in [4.69, 9.17) is 10.5 Å². The molecule has 1 saturated carbocycles. The summed E-state index contributed by atoms with van der Waals surface area (Å²) in [5.41, 5.74) is 5.86. The van der Waals surface area contributed by atoms with Crippen molar-refractivity contribution in [2.45, 2.75) is 24.3 Å². The molecule has 0 atom stereocenters. The van der Waals surface area contributed by atoms with Crippen LogP contribution in [0, 0.1) is 11.7 Å². The van der Waals surface area contributed by atoms with Crippen molar-refractivity contribution in [2.75, 3.05) is 19.8 Å². The first-order chi connectivity index (χ1) is 9.53. The standard InChI is InChI=1S/C13H19FN2O3S/c14-12-4-3-11(8-15)13(7-12)20(17,18)16-5-6-19-9-10-1-2-10/h3-4,7,10,16H,1-2,5-6,8-9,15H2. The van der Waals surface area contributed by atoms with E-state index in [2.05, 4.69) is 4.72 Å². The highest BCUT2D eigenvalue weighted by molar-refractivity contribution is 7.89. The van der Waals surface area contributed by atoms with E-state index in [0.717, 1.165) is 6.07 Å². The summed E-state index contributed by atoms with van der Waals surface area (Å²) in [7, 11) is -3.76. The van der Waals surface area contributed by atoms with Crippen LogP contribution in [0.15, 0.2) is 23.1 Å². The molecule has 3 N–H and O–H groups in total. The Kier molecular flexibility index (Phi) is 5.09. The molecule has 0 amide bonds. The first kappa shape index (κ1) is 15.4. The van der Waals surface area contributed by atoms with Crippen molar-refractivity contribution in [3.05, 3.63) is 29.6 Å². The molecule has 0 radical (unpaired) electrons. The zero-order valence-electron chi connectivity index (χ0n) is 11.1. The van der Waals surface area contributed by atoms with Gasteiger partial charge in [-0.05, 0) is 36.5 Å². The summed E-state index contributed by atoms with van der Waals surface area (Å²) >= 11 is 0. The molecule has 0 aliphatic heterocycles. The molecule has 0 saturated heterocycles. The maximum Gasteiger partial charge on any atom is 0.241 e. The smallest absolute Gasteiger partial charge is 0.241 e. The molecule has 0 unspecified atom stereocenters. The van der Waals surface area contributed by atoms with E-state index in [-0.39, 0.29) is 18.0 Å². The molecule has 1 fully saturated rings. The first-order valence-corrected chi connectivity index (χ1v) is 8.07. The lowest BCUT2D eigenvalue weighted by atomic mass is 10.2. The van der Waals surface area contributed by atoms with Crippen molar-refractivity contribution >= 4 is 10.0 Å². The number of hydrogen-bond donors (Lipinski definition) is 2. The maximum atomic E-state index is 13.2. The second-order valence-electron chi connectivity index (χ2n) is 4.87. The Bertz CT molecular complexity index is 559.